The molecule has 124 valence electrons. The van der Waals surface area contributed by atoms with Crippen LogP contribution in [0.4, 0.5) is 5.69 Å². The Morgan fingerprint density at radius 3 is 2.74 bits per heavy atom. The minimum absolute atomic E-state index is 0.0460. The highest BCUT2D eigenvalue weighted by Gasteiger charge is 2.19. The Hall–Kier alpha value is -1.37. The van der Waals surface area contributed by atoms with Crippen LogP contribution in [0.1, 0.15) is 18.7 Å². The van der Waals surface area contributed by atoms with E-state index in [1.54, 1.807) is 11.3 Å². The Bertz CT molecular complexity index is 660. The van der Waals surface area contributed by atoms with Crippen LogP contribution < -0.4 is 10.1 Å². The van der Waals surface area contributed by atoms with E-state index in [4.69, 9.17) is 4.74 Å². The number of ether oxygens (including phenoxy) is 1. The molecule has 0 bridgehead atoms. The summed E-state index contributed by atoms with van der Waals surface area (Å²) in [6.45, 7) is 5.13. The molecule has 0 unspecified atom stereocenters. The average Bonchev–Trinajstić information content (AvgIpc) is 2.93. The van der Waals surface area contributed by atoms with Gasteiger partial charge in [0.1, 0.15) is 5.75 Å². The topological polar surface area (TPSA) is 41.6 Å². The number of likely N-dealkylation sites (N-methyl/N-ethyl adjacent to an activating group) is 1. The maximum absolute atomic E-state index is 12.5. The summed E-state index contributed by atoms with van der Waals surface area (Å²) in [6.07, 6.45) is 0. The highest BCUT2D eigenvalue weighted by Crippen LogP contribution is 2.25. The molecule has 6 heteroatoms. The lowest BCUT2D eigenvalue weighted by atomic mass is 10.2. The summed E-state index contributed by atoms with van der Waals surface area (Å²) < 4.78 is 6.65. The normalized spacial score (nSPS) is 12.2. The van der Waals surface area contributed by atoms with Crippen molar-refractivity contribution in [3.63, 3.8) is 0 Å². The lowest BCUT2D eigenvalue weighted by molar-refractivity contribution is -0.120. The van der Waals surface area contributed by atoms with Gasteiger partial charge in [-0.25, -0.2) is 0 Å². The van der Waals surface area contributed by atoms with Crippen LogP contribution >= 0.6 is 27.3 Å². The lowest BCUT2D eigenvalue weighted by Gasteiger charge is -2.23. The first-order valence-corrected chi connectivity index (χ1v) is 9.09. The van der Waals surface area contributed by atoms with Gasteiger partial charge in [0, 0.05) is 11.4 Å². The number of halogens is 1. The molecule has 1 aromatic heterocycles. The number of thiophene rings is 1. The molecule has 2 aromatic rings. The summed E-state index contributed by atoms with van der Waals surface area (Å²) in [6, 6.07) is 11.3. The molecule has 0 fully saturated rings. The number of carbonyl (C=O) groups excluding carboxylic acids is 1. The van der Waals surface area contributed by atoms with Gasteiger partial charge in [0.2, 0.25) is 5.91 Å². The van der Waals surface area contributed by atoms with E-state index in [-0.39, 0.29) is 11.9 Å². The van der Waals surface area contributed by atoms with Crippen molar-refractivity contribution in [2.75, 3.05) is 19.0 Å². The number of amides is 1. The smallest absolute Gasteiger partial charge is 0.241 e. The Labute approximate surface area is 149 Å². The fourth-order valence-electron chi connectivity index (χ4n) is 2.11. The second-order valence-corrected chi connectivity index (χ2v) is 7.76. The number of benzene rings is 1. The Kier molecular flexibility index (Phi) is 6.62. The number of nitrogens with one attached hydrogen (secondary N) is 1. The monoisotopic (exact) mass is 396 g/mol. The van der Waals surface area contributed by atoms with E-state index in [1.807, 2.05) is 56.1 Å². The number of nitrogens with zero attached hydrogens (tertiary/aromatic N) is 1. The zero-order chi connectivity index (χ0) is 16.8. The van der Waals surface area contributed by atoms with E-state index in [9.17, 15) is 4.79 Å². The molecule has 4 nitrogen and oxygen atoms in total. The molecule has 0 aliphatic carbocycles. The van der Waals surface area contributed by atoms with Crippen molar-refractivity contribution in [1.29, 1.82) is 0 Å². The van der Waals surface area contributed by atoms with Crippen molar-refractivity contribution in [1.82, 2.24) is 4.90 Å². The first-order valence-electron chi connectivity index (χ1n) is 7.48. The van der Waals surface area contributed by atoms with E-state index >= 15 is 0 Å². The van der Waals surface area contributed by atoms with Crippen LogP contribution in [-0.4, -0.2) is 30.5 Å². The third-order valence-corrected chi connectivity index (χ3v) is 5.13. The second-order valence-electron chi connectivity index (χ2n) is 5.22. The van der Waals surface area contributed by atoms with Crippen LogP contribution in [0.3, 0.4) is 0 Å². The highest BCUT2D eigenvalue weighted by molar-refractivity contribution is 9.11. The van der Waals surface area contributed by atoms with Gasteiger partial charge in [0.15, 0.2) is 0 Å². The van der Waals surface area contributed by atoms with Gasteiger partial charge in [0.05, 0.1) is 22.1 Å². The Balaban J connectivity index is 1.99. The van der Waals surface area contributed by atoms with Crippen molar-refractivity contribution in [2.24, 2.45) is 0 Å². The van der Waals surface area contributed by atoms with Gasteiger partial charge in [-0.15, -0.1) is 11.3 Å². The molecule has 23 heavy (non-hydrogen) atoms. The number of hydrogen-bond donors (Lipinski definition) is 1. The average molecular weight is 397 g/mol. The quantitative estimate of drug-likeness (QED) is 0.755. The van der Waals surface area contributed by atoms with E-state index in [1.165, 1.54) is 4.88 Å². The summed E-state index contributed by atoms with van der Waals surface area (Å²) in [5, 5.41) is 2.96. The summed E-state index contributed by atoms with van der Waals surface area (Å²) >= 11 is 5.14. The minimum Gasteiger partial charge on any atom is -0.492 e. The van der Waals surface area contributed by atoms with Crippen LogP contribution in [-0.2, 0) is 11.3 Å². The molecule has 1 amide bonds. The predicted molar refractivity (Wildman–Crippen MR) is 99.2 cm³/mol. The predicted octanol–water partition coefficient (Wildman–Crippen LogP) is 4.37. The van der Waals surface area contributed by atoms with Gasteiger partial charge >= 0.3 is 0 Å². The van der Waals surface area contributed by atoms with E-state index in [0.717, 1.165) is 10.3 Å². The number of rotatable bonds is 7. The molecule has 0 aliphatic rings. The zero-order valence-corrected chi connectivity index (χ0v) is 15.9. The summed E-state index contributed by atoms with van der Waals surface area (Å²) in [5.74, 6) is 0.649. The van der Waals surface area contributed by atoms with E-state index < -0.39 is 0 Å². The molecule has 2 rings (SSSR count). The standard InChI is InChI=1S/C17H21BrN2O2S/c1-4-22-15-8-6-5-7-14(15)19-17(21)12(2)20(3)11-13-9-10-16(18)23-13/h5-10,12H,4,11H2,1-3H3,(H,19,21)/t12-/m0/s1. The molecule has 1 heterocycles. The van der Waals surface area contributed by atoms with Crippen molar-refractivity contribution in [3.05, 3.63) is 45.1 Å². The number of para-hydroxylation sites is 2. The van der Waals surface area contributed by atoms with Crippen LogP contribution in [0, 0.1) is 0 Å². The molecule has 0 saturated heterocycles. The van der Waals surface area contributed by atoms with Crippen LogP contribution in [0.15, 0.2) is 40.2 Å². The largest absolute Gasteiger partial charge is 0.492 e. The van der Waals surface area contributed by atoms with Crippen molar-refractivity contribution in [3.8, 4) is 5.75 Å². The third kappa shape index (κ3) is 5.06. The molecule has 1 aromatic carbocycles. The maximum atomic E-state index is 12.5. The zero-order valence-electron chi connectivity index (χ0n) is 13.5. The Morgan fingerprint density at radius 1 is 1.35 bits per heavy atom. The van der Waals surface area contributed by atoms with Gasteiger partial charge < -0.3 is 10.1 Å². The summed E-state index contributed by atoms with van der Waals surface area (Å²) in [5.41, 5.74) is 0.707. The van der Waals surface area contributed by atoms with Gasteiger partial charge in [-0.3, -0.25) is 9.69 Å². The van der Waals surface area contributed by atoms with Crippen LogP contribution in [0.2, 0.25) is 0 Å². The van der Waals surface area contributed by atoms with Gasteiger partial charge in [0.25, 0.3) is 0 Å². The molecular formula is C17H21BrN2O2S. The first kappa shape index (κ1) is 18.0. The molecule has 0 spiro atoms. The molecule has 0 radical (unpaired) electrons. The summed E-state index contributed by atoms with van der Waals surface area (Å²) in [4.78, 5) is 15.7. The minimum atomic E-state index is -0.245. The lowest BCUT2D eigenvalue weighted by Crippen LogP contribution is -2.39. The van der Waals surface area contributed by atoms with Crippen molar-refractivity contribution in [2.45, 2.75) is 26.4 Å². The molecule has 1 atom stereocenters. The SMILES string of the molecule is CCOc1ccccc1NC(=O)[C@H](C)N(C)Cc1ccc(Br)s1. The maximum Gasteiger partial charge on any atom is 0.241 e. The number of anilines is 1. The molecule has 1 N–H and O–H groups in total. The number of hydrogen-bond acceptors (Lipinski definition) is 4. The van der Waals surface area contributed by atoms with Crippen molar-refractivity contribution < 1.29 is 9.53 Å². The van der Waals surface area contributed by atoms with E-state index in [2.05, 4.69) is 27.3 Å². The van der Waals surface area contributed by atoms with Gasteiger partial charge in [-0.1, -0.05) is 12.1 Å². The molecule has 0 saturated carbocycles. The fourth-order valence-corrected chi connectivity index (χ4v) is 3.65. The molecule has 0 aliphatic heterocycles. The third-order valence-electron chi connectivity index (χ3n) is 3.52. The Morgan fingerprint density at radius 2 is 2.09 bits per heavy atom. The van der Waals surface area contributed by atoms with Crippen LogP contribution in [0.25, 0.3) is 0 Å². The second kappa shape index (κ2) is 8.47. The van der Waals surface area contributed by atoms with E-state index in [0.29, 0.717) is 18.0 Å². The fraction of sp³-hybridized carbons (Fsp3) is 0.353. The summed E-state index contributed by atoms with van der Waals surface area (Å²) in [7, 11) is 1.95. The number of carbonyl (C=O) groups is 1. The highest BCUT2D eigenvalue weighted by atomic mass is 79.9. The van der Waals surface area contributed by atoms with Crippen LogP contribution in [0.5, 0.6) is 5.75 Å². The van der Waals surface area contributed by atoms with Gasteiger partial charge in [-0.05, 0) is 61.1 Å². The van der Waals surface area contributed by atoms with Crippen molar-refractivity contribution >= 4 is 38.9 Å². The molecular weight excluding hydrogens is 376 g/mol. The first-order chi connectivity index (χ1) is 11.0. The van der Waals surface area contributed by atoms with Gasteiger partial charge in [-0.2, -0.15) is 0 Å².